The summed E-state index contributed by atoms with van der Waals surface area (Å²) in [5.74, 6) is -0.337. The van der Waals surface area contributed by atoms with Gasteiger partial charge in [-0.25, -0.2) is 9.78 Å². The number of anilines is 1. The molecule has 2 unspecified atom stereocenters. The normalized spacial score (nSPS) is 22.9. The number of ether oxygens (including phenoxy) is 1. The monoisotopic (exact) mass is 278 g/mol. The fraction of sp³-hybridized carbons (Fsp3) is 0.600. The second-order valence-electron chi connectivity index (χ2n) is 5.44. The van der Waals surface area contributed by atoms with E-state index in [2.05, 4.69) is 16.8 Å². The van der Waals surface area contributed by atoms with Crippen molar-refractivity contribution in [2.24, 2.45) is 0 Å². The van der Waals surface area contributed by atoms with E-state index in [1.807, 2.05) is 26.8 Å². The molecule has 20 heavy (non-hydrogen) atoms. The average Bonchev–Trinajstić information content (AvgIpc) is 2.37. The topological polar surface area (TPSA) is 62.7 Å². The highest BCUT2D eigenvalue weighted by Gasteiger charge is 2.30. The molecule has 2 atom stereocenters. The van der Waals surface area contributed by atoms with Gasteiger partial charge in [0.05, 0.1) is 18.8 Å². The van der Waals surface area contributed by atoms with Gasteiger partial charge < -0.3 is 14.7 Å². The number of hydrogen-bond donors (Lipinski definition) is 1. The minimum absolute atomic E-state index is 0.0852. The fourth-order valence-corrected chi connectivity index (χ4v) is 2.73. The highest BCUT2D eigenvalue weighted by molar-refractivity contribution is 5.95. The summed E-state index contributed by atoms with van der Waals surface area (Å²) in [5, 5.41) is 9.49. The summed E-state index contributed by atoms with van der Waals surface area (Å²) in [6.45, 7) is 9.10. The molecule has 0 spiro atoms. The van der Waals surface area contributed by atoms with Crippen molar-refractivity contribution in [3.8, 4) is 0 Å². The van der Waals surface area contributed by atoms with Crippen molar-refractivity contribution in [2.75, 3.05) is 18.1 Å². The summed E-state index contributed by atoms with van der Waals surface area (Å²) in [7, 11) is 0. The van der Waals surface area contributed by atoms with Crippen LogP contribution in [0.25, 0.3) is 0 Å². The van der Waals surface area contributed by atoms with Crippen molar-refractivity contribution in [1.29, 1.82) is 0 Å². The minimum Gasteiger partial charge on any atom is -0.478 e. The number of rotatable bonds is 3. The van der Waals surface area contributed by atoms with Crippen LogP contribution in [0.15, 0.2) is 6.07 Å². The van der Waals surface area contributed by atoms with Crippen molar-refractivity contribution >= 4 is 11.8 Å². The molecule has 1 aromatic rings. The Balaban J connectivity index is 2.51. The molecule has 5 nitrogen and oxygen atoms in total. The average molecular weight is 278 g/mol. The van der Waals surface area contributed by atoms with E-state index >= 15 is 0 Å². The summed E-state index contributed by atoms with van der Waals surface area (Å²) in [6, 6.07) is 2.00. The van der Waals surface area contributed by atoms with Crippen LogP contribution in [0.1, 0.15) is 41.9 Å². The molecule has 1 saturated heterocycles. The first-order chi connectivity index (χ1) is 9.43. The molecule has 0 amide bonds. The van der Waals surface area contributed by atoms with E-state index < -0.39 is 5.97 Å². The molecule has 1 aromatic heterocycles. The Labute approximate surface area is 119 Å². The maximum absolute atomic E-state index is 11.6. The number of pyridine rings is 1. The third kappa shape index (κ3) is 2.77. The summed E-state index contributed by atoms with van der Waals surface area (Å²) in [4.78, 5) is 18.2. The number of carbonyl (C=O) groups is 1. The molecule has 1 aliphatic rings. The lowest BCUT2D eigenvalue weighted by Gasteiger charge is -2.40. The van der Waals surface area contributed by atoms with Gasteiger partial charge in [0, 0.05) is 12.2 Å². The fourth-order valence-electron chi connectivity index (χ4n) is 2.73. The van der Waals surface area contributed by atoms with Crippen LogP contribution in [-0.4, -0.2) is 41.4 Å². The Morgan fingerprint density at radius 1 is 1.55 bits per heavy atom. The predicted octanol–water partition coefficient (Wildman–Crippen LogP) is 2.40. The van der Waals surface area contributed by atoms with Crippen LogP contribution < -0.4 is 4.90 Å². The molecule has 1 fully saturated rings. The Bertz CT molecular complexity index is 516. The van der Waals surface area contributed by atoms with Crippen LogP contribution in [-0.2, 0) is 4.74 Å². The number of aromatic nitrogens is 1. The lowest BCUT2D eigenvalue weighted by molar-refractivity contribution is 0.0293. The third-order valence-electron chi connectivity index (χ3n) is 3.75. The Morgan fingerprint density at radius 2 is 2.25 bits per heavy atom. The molecule has 0 aromatic carbocycles. The van der Waals surface area contributed by atoms with Crippen molar-refractivity contribution in [3.63, 3.8) is 0 Å². The van der Waals surface area contributed by atoms with Gasteiger partial charge in [-0.1, -0.05) is 6.92 Å². The molecule has 2 heterocycles. The Kier molecular flexibility index (Phi) is 4.28. The number of hydrogen-bond acceptors (Lipinski definition) is 4. The van der Waals surface area contributed by atoms with E-state index in [9.17, 15) is 9.90 Å². The number of nitrogens with zero attached hydrogens (tertiary/aromatic N) is 2. The van der Waals surface area contributed by atoms with Crippen LogP contribution in [0.4, 0.5) is 5.82 Å². The number of aromatic carboxylic acids is 1. The maximum Gasteiger partial charge on any atom is 0.339 e. The van der Waals surface area contributed by atoms with Crippen molar-refractivity contribution in [2.45, 2.75) is 46.3 Å². The lowest BCUT2D eigenvalue weighted by atomic mass is 10.1. The summed E-state index contributed by atoms with van der Waals surface area (Å²) in [6.07, 6.45) is 0.988. The van der Waals surface area contributed by atoms with Crippen molar-refractivity contribution < 1.29 is 14.6 Å². The first-order valence-electron chi connectivity index (χ1n) is 7.03. The molecule has 5 heteroatoms. The van der Waals surface area contributed by atoms with Crippen LogP contribution in [0.2, 0.25) is 0 Å². The van der Waals surface area contributed by atoms with Gasteiger partial charge >= 0.3 is 5.97 Å². The smallest absolute Gasteiger partial charge is 0.339 e. The molecule has 110 valence electrons. The second kappa shape index (κ2) is 5.79. The summed E-state index contributed by atoms with van der Waals surface area (Å²) in [5.41, 5.74) is 1.91. The van der Waals surface area contributed by atoms with Gasteiger partial charge in [0.2, 0.25) is 0 Å². The summed E-state index contributed by atoms with van der Waals surface area (Å²) < 4.78 is 5.68. The number of morpholine rings is 1. The van der Waals surface area contributed by atoms with Gasteiger partial charge in [-0.2, -0.15) is 0 Å². The van der Waals surface area contributed by atoms with Gasteiger partial charge in [-0.3, -0.25) is 0 Å². The predicted molar refractivity (Wildman–Crippen MR) is 77.5 cm³/mol. The van der Waals surface area contributed by atoms with E-state index in [0.717, 1.165) is 17.7 Å². The third-order valence-corrected chi connectivity index (χ3v) is 3.75. The van der Waals surface area contributed by atoms with Crippen LogP contribution >= 0.6 is 0 Å². The van der Waals surface area contributed by atoms with Gasteiger partial charge in [-0.05, 0) is 38.8 Å². The van der Waals surface area contributed by atoms with Gasteiger partial charge in [0.15, 0.2) is 0 Å². The highest BCUT2D eigenvalue weighted by Crippen LogP contribution is 2.28. The quantitative estimate of drug-likeness (QED) is 0.920. The molecule has 2 rings (SSSR count). The molecule has 0 bridgehead atoms. The SMILES string of the molecule is CCC1COC(C)CN1c1nc(C)cc(C)c1C(=O)O. The standard InChI is InChI=1S/C15H22N2O3/c1-5-12-8-20-11(4)7-17(12)14-13(15(18)19)9(2)6-10(3)16-14/h6,11-12H,5,7-8H2,1-4H3,(H,18,19). The Morgan fingerprint density at radius 3 is 2.85 bits per heavy atom. The van der Waals surface area contributed by atoms with Crippen molar-refractivity contribution in [3.05, 3.63) is 22.9 Å². The Hall–Kier alpha value is -1.62. The van der Waals surface area contributed by atoms with Crippen LogP contribution in [0.3, 0.4) is 0 Å². The van der Waals surface area contributed by atoms with E-state index in [4.69, 9.17) is 4.74 Å². The lowest BCUT2D eigenvalue weighted by Crippen LogP contribution is -2.49. The highest BCUT2D eigenvalue weighted by atomic mass is 16.5. The molecule has 1 aliphatic heterocycles. The zero-order valence-electron chi connectivity index (χ0n) is 12.5. The minimum atomic E-state index is -0.918. The van der Waals surface area contributed by atoms with Crippen LogP contribution in [0.5, 0.6) is 0 Å². The summed E-state index contributed by atoms with van der Waals surface area (Å²) >= 11 is 0. The first-order valence-corrected chi connectivity index (χ1v) is 7.03. The number of aryl methyl sites for hydroxylation is 2. The molecular weight excluding hydrogens is 256 g/mol. The first kappa shape index (κ1) is 14.8. The molecule has 0 saturated carbocycles. The number of carboxylic acid groups (broad SMARTS) is 1. The maximum atomic E-state index is 11.6. The van der Waals surface area contributed by atoms with Crippen molar-refractivity contribution in [1.82, 2.24) is 4.98 Å². The van der Waals surface area contributed by atoms with Gasteiger partial charge in [0.1, 0.15) is 11.4 Å². The largest absolute Gasteiger partial charge is 0.478 e. The molecule has 0 radical (unpaired) electrons. The molecule has 0 aliphatic carbocycles. The molecule has 1 N–H and O–H groups in total. The molecular formula is C15H22N2O3. The van der Waals surface area contributed by atoms with E-state index in [0.29, 0.717) is 24.5 Å². The van der Waals surface area contributed by atoms with Gasteiger partial charge in [0.25, 0.3) is 0 Å². The number of carboxylic acids is 1. The zero-order chi connectivity index (χ0) is 14.9. The van der Waals surface area contributed by atoms with E-state index in [1.165, 1.54) is 0 Å². The van der Waals surface area contributed by atoms with Crippen LogP contribution in [0, 0.1) is 13.8 Å². The van der Waals surface area contributed by atoms with E-state index in [-0.39, 0.29) is 12.1 Å². The second-order valence-corrected chi connectivity index (χ2v) is 5.44. The van der Waals surface area contributed by atoms with E-state index in [1.54, 1.807) is 0 Å². The van der Waals surface area contributed by atoms with Gasteiger partial charge in [-0.15, -0.1) is 0 Å². The zero-order valence-corrected chi connectivity index (χ0v) is 12.5.